The molecule has 1 saturated carbocycles. The van der Waals surface area contributed by atoms with Gasteiger partial charge in [-0.2, -0.15) is 4.98 Å². The molecule has 0 saturated heterocycles. The van der Waals surface area contributed by atoms with Crippen molar-refractivity contribution in [2.75, 3.05) is 5.43 Å². The number of nitrogen functional groups attached to an aromatic ring is 1. The standard InChI is InChI=1S/C9H13N5O2S2/c1-5-4-6(5)13-18(15,16)8-7(12-10)11-9-14(8)2-3-17-9/h2-3,5-6,12-13H,4,10H2,1H3. The summed E-state index contributed by atoms with van der Waals surface area (Å²) in [7, 11) is -3.61. The molecule has 18 heavy (non-hydrogen) atoms. The molecule has 3 rings (SSSR count). The van der Waals surface area contributed by atoms with Crippen LogP contribution in [0, 0.1) is 5.92 Å². The van der Waals surface area contributed by atoms with Gasteiger partial charge in [0.05, 0.1) is 0 Å². The van der Waals surface area contributed by atoms with Gasteiger partial charge in [0.25, 0.3) is 10.0 Å². The van der Waals surface area contributed by atoms with E-state index in [0.29, 0.717) is 10.9 Å². The molecule has 0 amide bonds. The maximum atomic E-state index is 12.3. The zero-order valence-electron chi connectivity index (χ0n) is 9.62. The van der Waals surface area contributed by atoms with Gasteiger partial charge in [0, 0.05) is 17.6 Å². The van der Waals surface area contributed by atoms with Crippen LogP contribution in [0.3, 0.4) is 0 Å². The molecule has 2 aromatic heterocycles. The largest absolute Gasteiger partial charge is 0.306 e. The molecule has 7 nitrogen and oxygen atoms in total. The number of thiazole rings is 1. The minimum absolute atomic E-state index is 0.0183. The van der Waals surface area contributed by atoms with Gasteiger partial charge in [0.1, 0.15) is 0 Å². The average molecular weight is 287 g/mol. The van der Waals surface area contributed by atoms with E-state index in [1.807, 2.05) is 6.92 Å². The first-order valence-corrected chi connectivity index (χ1v) is 7.83. The molecule has 0 aromatic carbocycles. The first kappa shape index (κ1) is 11.9. The van der Waals surface area contributed by atoms with Gasteiger partial charge in [0.15, 0.2) is 10.8 Å². The highest BCUT2D eigenvalue weighted by Gasteiger charge is 2.38. The predicted octanol–water partition coefficient (Wildman–Crippen LogP) is 0.368. The first-order chi connectivity index (χ1) is 8.53. The predicted molar refractivity (Wildman–Crippen MR) is 68.8 cm³/mol. The molecule has 98 valence electrons. The second-order valence-electron chi connectivity index (χ2n) is 4.41. The topological polar surface area (TPSA) is 102 Å². The van der Waals surface area contributed by atoms with Crippen LogP contribution in [-0.4, -0.2) is 23.8 Å². The Bertz CT molecular complexity index is 689. The lowest BCUT2D eigenvalue weighted by molar-refractivity contribution is 0.574. The molecule has 0 radical (unpaired) electrons. The SMILES string of the molecule is CC1CC1NS(=O)(=O)c1c(NN)nc2sccn12. The van der Waals surface area contributed by atoms with Gasteiger partial charge in [-0.05, 0) is 12.3 Å². The molecule has 2 aromatic rings. The highest BCUT2D eigenvalue weighted by molar-refractivity contribution is 7.89. The van der Waals surface area contributed by atoms with Gasteiger partial charge in [0.2, 0.25) is 5.03 Å². The number of anilines is 1. The Morgan fingerprint density at radius 2 is 2.33 bits per heavy atom. The monoisotopic (exact) mass is 287 g/mol. The number of fused-ring (bicyclic) bond motifs is 1. The van der Waals surface area contributed by atoms with E-state index in [1.165, 1.54) is 15.7 Å². The third-order valence-electron chi connectivity index (χ3n) is 3.03. The van der Waals surface area contributed by atoms with E-state index in [9.17, 15) is 8.42 Å². The van der Waals surface area contributed by atoms with Crippen molar-refractivity contribution in [2.45, 2.75) is 24.4 Å². The molecule has 4 N–H and O–H groups in total. The van der Waals surface area contributed by atoms with Crippen LogP contribution in [0.25, 0.3) is 4.96 Å². The summed E-state index contributed by atoms with van der Waals surface area (Å²) in [5.41, 5.74) is 2.34. The number of hydrazine groups is 1. The molecule has 2 heterocycles. The third kappa shape index (κ3) is 1.79. The van der Waals surface area contributed by atoms with Crippen molar-refractivity contribution in [3.63, 3.8) is 0 Å². The van der Waals surface area contributed by atoms with Crippen molar-refractivity contribution in [3.8, 4) is 0 Å². The Morgan fingerprint density at radius 1 is 1.61 bits per heavy atom. The summed E-state index contributed by atoms with van der Waals surface area (Å²) in [5, 5.41) is 1.85. The van der Waals surface area contributed by atoms with Crippen LogP contribution in [0.1, 0.15) is 13.3 Å². The number of nitrogens with two attached hydrogens (primary N) is 1. The van der Waals surface area contributed by atoms with Crippen LogP contribution in [0.5, 0.6) is 0 Å². The second-order valence-corrected chi connectivity index (χ2v) is 6.91. The van der Waals surface area contributed by atoms with E-state index >= 15 is 0 Å². The minimum Gasteiger partial charge on any atom is -0.306 e. The molecule has 9 heteroatoms. The zero-order valence-corrected chi connectivity index (χ0v) is 11.3. The number of nitrogens with one attached hydrogen (secondary N) is 2. The quantitative estimate of drug-likeness (QED) is 0.557. The van der Waals surface area contributed by atoms with Crippen LogP contribution >= 0.6 is 11.3 Å². The lowest BCUT2D eigenvalue weighted by Gasteiger charge is -2.06. The van der Waals surface area contributed by atoms with Gasteiger partial charge in [-0.3, -0.25) is 4.40 Å². The molecule has 0 aliphatic heterocycles. The Balaban J connectivity index is 2.08. The van der Waals surface area contributed by atoms with E-state index in [4.69, 9.17) is 5.84 Å². The average Bonchev–Trinajstić information content (AvgIpc) is 2.75. The Kier molecular flexibility index (Phi) is 2.59. The van der Waals surface area contributed by atoms with Crippen LogP contribution in [0.15, 0.2) is 16.6 Å². The van der Waals surface area contributed by atoms with Gasteiger partial charge in [-0.25, -0.2) is 19.0 Å². The normalized spacial score (nSPS) is 23.4. The van der Waals surface area contributed by atoms with Crippen LogP contribution in [-0.2, 0) is 10.0 Å². The maximum absolute atomic E-state index is 12.3. The summed E-state index contributed by atoms with van der Waals surface area (Å²) in [6.07, 6.45) is 2.54. The number of hydrogen-bond acceptors (Lipinski definition) is 6. The van der Waals surface area contributed by atoms with Gasteiger partial charge < -0.3 is 5.43 Å². The van der Waals surface area contributed by atoms with Crippen molar-refractivity contribution >= 4 is 32.1 Å². The number of aromatic nitrogens is 2. The Labute approximate surface area is 108 Å². The fourth-order valence-electron chi connectivity index (χ4n) is 1.86. The molecule has 2 unspecified atom stereocenters. The number of imidazole rings is 1. The van der Waals surface area contributed by atoms with Crippen molar-refractivity contribution in [2.24, 2.45) is 11.8 Å². The maximum Gasteiger partial charge on any atom is 0.260 e. The third-order valence-corrected chi connectivity index (χ3v) is 5.29. The lowest BCUT2D eigenvalue weighted by Crippen LogP contribution is -2.29. The van der Waals surface area contributed by atoms with E-state index in [2.05, 4.69) is 15.1 Å². The second kappa shape index (κ2) is 3.92. The van der Waals surface area contributed by atoms with Crippen molar-refractivity contribution in [1.29, 1.82) is 0 Å². The molecule has 1 aliphatic rings. The summed E-state index contributed by atoms with van der Waals surface area (Å²) >= 11 is 1.35. The van der Waals surface area contributed by atoms with E-state index in [1.54, 1.807) is 11.6 Å². The van der Waals surface area contributed by atoms with Gasteiger partial charge in [-0.1, -0.05) is 6.92 Å². The Hall–Kier alpha value is -1.16. The highest BCUT2D eigenvalue weighted by Crippen LogP contribution is 2.32. The number of nitrogens with zero attached hydrogens (tertiary/aromatic N) is 2. The number of sulfonamides is 1. The fraction of sp³-hybridized carbons (Fsp3) is 0.444. The molecule has 2 atom stereocenters. The zero-order chi connectivity index (χ0) is 12.9. The van der Waals surface area contributed by atoms with Crippen molar-refractivity contribution < 1.29 is 8.42 Å². The molecular formula is C9H13N5O2S2. The highest BCUT2D eigenvalue weighted by atomic mass is 32.2. The number of rotatable bonds is 4. The Morgan fingerprint density at radius 3 is 2.94 bits per heavy atom. The summed E-state index contributed by atoms with van der Waals surface area (Å²) in [4.78, 5) is 4.72. The molecule has 1 fully saturated rings. The van der Waals surface area contributed by atoms with Gasteiger partial charge in [-0.15, -0.1) is 11.3 Å². The van der Waals surface area contributed by atoms with E-state index in [0.717, 1.165) is 6.42 Å². The fourth-order valence-corrected chi connectivity index (χ4v) is 4.23. The van der Waals surface area contributed by atoms with Crippen molar-refractivity contribution in [1.82, 2.24) is 14.1 Å². The first-order valence-electron chi connectivity index (χ1n) is 5.47. The lowest BCUT2D eigenvalue weighted by atomic mass is 10.5. The summed E-state index contributed by atoms with van der Waals surface area (Å²) < 4.78 is 28.8. The molecule has 0 bridgehead atoms. The summed E-state index contributed by atoms with van der Waals surface area (Å²) in [6.45, 7) is 2.01. The minimum atomic E-state index is -3.61. The van der Waals surface area contributed by atoms with Crippen LogP contribution in [0.4, 0.5) is 5.82 Å². The molecule has 1 aliphatic carbocycles. The van der Waals surface area contributed by atoms with Gasteiger partial charge >= 0.3 is 0 Å². The van der Waals surface area contributed by atoms with E-state index in [-0.39, 0.29) is 16.9 Å². The van der Waals surface area contributed by atoms with Crippen LogP contribution < -0.4 is 16.0 Å². The number of hydrogen-bond donors (Lipinski definition) is 3. The van der Waals surface area contributed by atoms with E-state index < -0.39 is 10.0 Å². The smallest absolute Gasteiger partial charge is 0.260 e. The van der Waals surface area contributed by atoms with Crippen molar-refractivity contribution in [3.05, 3.63) is 11.6 Å². The summed E-state index contributed by atoms with van der Waals surface area (Å²) in [6, 6.07) is 0.0183. The molecule has 0 spiro atoms. The summed E-state index contributed by atoms with van der Waals surface area (Å²) in [5.74, 6) is 5.89. The molecular weight excluding hydrogens is 274 g/mol. The van der Waals surface area contributed by atoms with Crippen LogP contribution in [0.2, 0.25) is 0 Å².